The van der Waals surface area contributed by atoms with Gasteiger partial charge in [0.2, 0.25) is 0 Å². The van der Waals surface area contributed by atoms with E-state index in [2.05, 4.69) is 11.1 Å². The average molecular weight is 224 g/mol. The van der Waals surface area contributed by atoms with Gasteiger partial charge in [0.05, 0.1) is 11.6 Å². The zero-order valence-electron chi connectivity index (χ0n) is 9.46. The van der Waals surface area contributed by atoms with Crippen LogP contribution in [0.2, 0.25) is 0 Å². The summed E-state index contributed by atoms with van der Waals surface area (Å²) in [6.45, 7) is 1.89. The minimum atomic E-state index is -0.675. The number of aromatic nitrogens is 1. The van der Waals surface area contributed by atoms with Crippen molar-refractivity contribution in [3.05, 3.63) is 65.0 Å². The number of nitriles is 1. The van der Waals surface area contributed by atoms with Crippen molar-refractivity contribution < 1.29 is 5.11 Å². The van der Waals surface area contributed by atoms with Crippen LogP contribution in [-0.4, -0.2) is 10.1 Å². The van der Waals surface area contributed by atoms with Crippen molar-refractivity contribution in [1.29, 1.82) is 5.26 Å². The molecule has 0 spiro atoms. The van der Waals surface area contributed by atoms with Crippen LogP contribution < -0.4 is 0 Å². The molecule has 0 aliphatic carbocycles. The number of aliphatic hydroxyl groups is 1. The number of hydrogen-bond donors (Lipinski definition) is 1. The van der Waals surface area contributed by atoms with E-state index in [1.165, 1.54) is 0 Å². The average Bonchev–Trinajstić information content (AvgIpc) is 2.39. The zero-order valence-corrected chi connectivity index (χ0v) is 9.46. The Labute approximate surface area is 100.0 Å². The van der Waals surface area contributed by atoms with Gasteiger partial charge in [-0.3, -0.25) is 4.98 Å². The molecule has 0 amide bonds. The highest BCUT2D eigenvalue weighted by molar-refractivity contribution is 5.41. The molecule has 84 valence electrons. The van der Waals surface area contributed by atoms with Gasteiger partial charge in [-0.1, -0.05) is 6.07 Å². The number of rotatable bonds is 2. The Morgan fingerprint density at radius 3 is 2.53 bits per heavy atom. The quantitative estimate of drug-likeness (QED) is 0.851. The number of benzene rings is 1. The van der Waals surface area contributed by atoms with Gasteiger partial charge in [-0.05, 0) is 47.9 Å². The Balaban J connectivity index is 2.39. The Morgan fingerprint density at radius 2 is 1.94 bits per heavy atom. The first-order valence-electron chi connectivity index (χ1n) is 5.31. The summed E-state index contributed by atoms with van der Waals surface area (Å²) in [5.41, 5.74) is 3.13. The van der Waals surface area contributed by atoms with E-state index in [9.17, 15) is 5.11 Å². The van der Waals surface area contributed by atoms with Gasteiger partial charge in [-0.15, -0.1) is 0 Å². The van der Waals surface area contributed by atoms with Gasteiger partial charge in [0.25, 0.3) is 0 Å². The van der Waals surface area contributed by atoms with E-state index in [0.29, 0.717) is 5.56 Å². The molecule has 1 aromatic heterocycles. The second-order valence-electron chi connectivity index (χ2n) is 3.87. The molecule has 1 N–H and O–H groups in total. The van der Waals surface area contributed by atoms with Crippen molar-refractivity contribution >= 4 is 0 Å². The van der Waals surface area contributed by atoms with E-state index in [1.54, 1.807) is 42.7 Å². The van der Waals surface area contributed by atoms with Crippen LogP contribution in [0.1, 0.15) is 28.4 Å². The van der Waals surface area contributed by atoms with E-state index in [1.807, 2.05) is 6.92 Å². The first-order valence-corrected chi connectivity index (χ1v) is 5.31. The second-order valence-corrected chi connectivity index (χ2v) is 3.87. The lowest BCUT2D eigenvalue weighted by molar-refractivity contribution is 0.219. The van der Waals surface area contributed by atoms with Gasteiger partial charge in [0, 0.05) is 12.4 Å². The highest BCUT2D eigenvalue weighted by Crippen LogP contribution is 2.24. The Morgan fingerprint density at radius 1 is 1.24 bits per heavy atom. The van der Waals surface area contributed by atoms with Crippen molar-refractivity contribution in [1.82, 2.24) is 4.98 Å². The molecule has 1 heterocycles. The topological polar surface area (TPSA) is 56.9 Å². The van der Waals surface area contributed by atoms with E-state index in [0.717, 1.165) is 16.7 Å². The Hall–Kier alpha value is -2.18. The summed E-state index contributed by atoms with van der Waals surface area (Å²) in [5.74, 6) is 0. The molecule has 3 heteroatoms. The summed E-state index contributed by atoms with van der Waals surface area (Å²) >= 11 is 0. The van der Waals surface area contributed by atoms with Crippen molar-refractivity contribution in [2.75, 3.05) is 0 Å². The minimum absolute atomic E-state index is 0.605. The SMILES string of the molecule is Cc1cc(C#N)ccc1C(O)c1ccncc1. The molecule has 0 aliphatic rings. The Kier molecular flexibility index (Phi) is 3.17. The van der Waals surface area contributed by atoms with Crippen LogP contribution in [0.5, 0.6) is 0 Å². The van der Waals surface area contributed by atoms with Gasteiger partial charge < -0.3 is 5.11 Å². The van der Waals surface area contributed by atoms with Crippen LogP contribution >= 0.6 is 0 Å². The first kappa shape index (κ1) is 11.3. The number of aryl methyl sites for hydroxylation is 1. The summed E-state index contributed by atoms with van der Waals surface area (Å²) in [6, 6.07) is 10.9. The molecule has 0 bridgehead atoms. The van der Waals surface area contributed by atoms with E-state index >= 15 is 0 Å². The second kappa shape index (κ2) is 4.77. The third-order valence-electron chi connectivity index (χ3n) is 2.72. The highest BCUT2D eigenvalue weighted by Gasteiger charge is 2.12. The van der Waals surface area contributed by atoms with Crippen LogP contribution in [0.4, 0.5) is 0 Å². The smallest absolute Gasteiger partial charge is 0.104 e. The normalized spacial score (nSPS) is 11.8. The lowest BCUT2D eigenvalue weighted by atomic mass is 9.97. The summed E-state index contributed by atoms with van der Waals surface area (Å²) in [4.78, 5) is 3.92. The lowest BCUT2D eigenvalue weighted by Gasteiger charge is -2.13. The van der Waals surface area contributed by atoms with Crippen molar-refractivity contribution in [2.24, 2.45) is 0 Å². The molecule has 0 saturated heterocycles. The minimum Gasteiger partial charge on any atom is -0.384 e. The maximum Gasteiger partial charge on any atom is 0.104 e. The maximum atomic E-state index is 10.2. The van der Waals surface area contributed by atoms with Gasteiger partial charge in [0.15, 0.2) is 0 Å². The number of pyridine rings is 1. The van der Waals surface area contributed by atoms with Crippen molar-refractivity contribution in [3.8, 4) is 6.07 Å². The molecular weight excluding hydrogens is 212 g/mol. The van der Waals surface area contributed by atoms with Crippen molar-refractivity contribution in [2.45, 2.75) is 13.0 Å². The predicted molar refractivity (Wildman–Crippen MR) is 64.2 cm³/mol. The van der Waals surface area contributed by atoms with Crippen LogP contribution in [0, 0.1) is 18.3 Å². The van der Waals surface area contributed by atoms with Gasteiger partial charge in [0.1, 0.15) is 6.10 Å². The van der Waals surface area contributed by atoms with Crippen LogP contribution in [0.15, 0.2) is 42.7 Å². The molecule has 1 aromatic carbocycles. The summed E-state index contributed by atoms with van der Waals surface area (Å²) < 4.78 is 0. The number of aliphatic hydroxyl groups excluding tert-OH is 1. The van der Waals surface area contributed by atoms with Gasteiger partial charge in [-0.25, -0.2) is 0 Å². The van der Waals surface area contributed by atoms with Crippen LogP contribution in [-0.2, 0) is 0 Å². The predicted octanol–water partition coefficient (Wildman–Crippen LogP) is 2.34. The fourth-order valence-corrected chi connectivity index (χ4v) is 1.78. The Bertz CT molecular complexity index is 558. The fourth-order valence-electron chi connectivity index (χ4n) is 1.78. The number of nitrogens with zero attached hydrogens (tertiary/aromatic N) is 2. The standard InChI is InChI=1S/C14H12N2O/c1-10-8-11(9-15)2-3-13(10)14(17)12-4-6-16-7-5-12/h2-8,14,17H,1H3. The summed E-state index contributed by atoms with van der Waals surface area (Å²) in [5, 5.41) is 19.0. The molecule has 1 atom stereocenters. The highest BCUT2D eigenvalue weighted by atomic mass is 16.3. The van der Waals surface area contributed by atoms with E-state index in [-0.39, 0.29) is 0 Å². The number of hydrogen-bond acceptors (Lipinski definition) is 3. The maximum absolute atomic E-state index is 10.2. The largest absolute Gasteiger partial charge is 0.384 e. The van der Waals surface area contributed by atoms with Crippen LogP contribution in [0.25, 0.3) is 0 Å². The molecule has 1 unspecified atom stereocenters. The summed E-state index contributed by atoms with van der Waals surface area (Å²) in [7, 11) is 0. The third-order valence-corrected chi connectivity index (χ3v) is 2.72. The molecule has 0 saturated carbocycles. The molecule has 17 heavy (non-hydrogen) atoms. The van der Waals surface area contributed by atoms with Gasteiger partial charge in [-0.2, -0.15) is 5.26 Å². The molecule has 3 nitrogen and oxygen atoms in total. The molecule has 2 aromatic rings. The molecular formula is C14H12N2O. The first-order chi connectivity index (χ1) is 8.22. The van der Waals surface area contributed by atoms with E-state index < -0.39 is 6.10 Å². The van der Waals surface area contributed by atoms with Crippen LogP contribution in [0.3, 0.4) is 0 Å². The molecule has 0 radical (unpaired) electrons. The fraction of sp³-hybridized carbons (Fsp3) is 0.143. The van der Waals surface area contributed by atoms with Crippen molar-refractivity contribution in [3.63, 3.8) is 0 Å². The molecule has 2 rings (SSSR count). The van der Waals surface area contributed by atoms with E-state index in [4.69, 9.17) is 5.26 Å². The monoisotopic (exact) mass is 224 g/mol. The zero-order chi connectivity index (χ0) is 12.3. The molecule has 0 aliphatic heterocycles. The molecule has 0 fully saturated rings. The third kappa shape index (κ3) is 2.32. The van der Waals surface area contributed by atoms with Gasteiger partial charge >= 0.3 is 0 Å². The summed E-state index contributed by atoms with van der Waals surface area (Å²) in [6.07, 6.45) is 2.63. The lowest BCUT2D eigenvalue weighted by Crippen LogP contribution is -2.02.